The van der Waals surface area contributed by atoms with Gasteiger partial charge in [-0.1, -0.05) is 23.4 Å². The van der Waals surface area contributed by atoms with Gasteiger partial charge in [-0.05, 0) is 25.5 Å². The normalized spacial score (nSPS) is 10.6. The second-order valence-corrected chi connectivity index (χ2v) is 4.09. The van der Waals surface area contributed by atoms with E-state index in [0.29, 0.717) is 31.7 Å². The minimum atomic E-state index is 0.0357. The molecule has 0 unspecified atom stereocenters. The van der Waals surface area contributed by atoms with E-state index in [1.54, 1.807) is 4.68 Å². The number of ketones is 1. The number of carbonyl (C=O) groups excluding carboxylic acids is 1. The van der Waals surface area contributed by atoms with Crippen molar-refractivity contribution in [2.75, 3.05) is 13.2 Å². The minimum Gasteiger partial charge on any atom is -0.382 e. The van der Waals surface area contributed by atoms with Crippen molar-refractivity contribution >= 4 is 5.78 Å². The summed E-state index contributed by atoms with van der Waals surface area (Å²) in [5.74, 6) is 0.0357. The Morgan fingerprint density at radius 3 is 2.84 bits per heavy atom. The maximum absolute atomic E-state index is 12.1. The van der Waals surface area contributed by atoms with Crippen LogP contribution < -0.4 is 0 Å². The van der Waals surface area contributed by atoms with Crippen molar-refractivity contribution in [1.29, 1.82) is 0 Å². The van der Waals surface area contributed by atoms with Crippen LogP contribution in [-0.2, 0) is 4.74 Å². The zero-order chi connectivity index (χ0) is 13.5. The lowest BCUT2D eigenvalue weighted by Gasteiger charge is -2.05. The fraction of sp³-hybridized carbons (Fsp3) is 0.357. The highest BCUT2D eigenvalue weighted by Crippen LogP contribution is 2.11. The van der Waals surface area contributed by atoms with Crippen LogP contribution in [0.3, 0.4) is 0 Å². The molecule has 1 heterocycles. The molecular formula is C14H17N3O2. The van der Waals surface area contributed by atoms with Gasteiger partial charge in [-0.25, -0.2) is 4.68 Å². The molecule has 100 valence electrons. The molecule has 0 amide bonds. The van der Waals surface area contributed by atoms with Crippen LogP contribution in [0.15, 0.2) is 36.5 Å². The maximum Gasteiger partial charge on any atom is 0.183 e. The predicted octanol–water partition coefficient (Wildman–Crippen LogP) is 2.27. The first-order valence-corrected chi connectivity index (χ1v) is 6.40. The first-order valence-electron chi connectivity index (χ1n) is 6.40. The number of nitrogens with zero attached hydrogens (tertiary/aromatic N) is 3. The summed E-state index contributed by atoms with van der Waals surface area (Å²) in [6.07, 6.45) is 2.67. The van der Waals surface area contributed by atoms with Crippen LogP contribution in [-0.4, -0.2) is 34.0 Å². The van der Waals surface area contributed by atoms with E-state index >= 15 is 0 Å². The molecule has 0 bridgehead atoms. The van der Waals surface area contributed by atoms with Crippen LogP contribution in [0.5, 0.6) is 0 Å². The molecule has 0 spiro atoms. The van der Waals surface area contributed by atoms with Crippen molar-refractivity contribution in [2.24, 2.45) is 0 Å². The summed E-state index contributed by atoms with van der Waals surface area (Å²) in [6.45, 7) is 3.23. The topological polar surface area (TPSA) is 57.0 Å². The number of hydrogen-bond donors (Lipinski definition) is 0. The van der Waals surface area contributed by atoms with Crippen LogP contribution in [0.1, 0.15) is 30.3 Å². The first kappa shape index (κ1) is 13.4. The van der Waals surface area contributed by atoms with Crippen molar-refractivity contribution in [2.45, 2.75) is 19.8 Å². The van der Waals surface area contributed by atoms with Crippen LogP contribution in [0.2, 0.25) is 0 Å². The van der Waals surface area contributed by atoms with E-state index in [1.165, 1.54) is 6.20 Å². The largest absolute Gasteiger partial charge is 0.382 e. The summed E-state index contributed by atoms with van der Waals surface area (Å²) in [6, 6.07) is 9.52. The lowest BCUT2D eigenvalue weighted by molar-refractivity contribution is 0.0940. The van der Waals surface area contributed by atoms with Crippen LogP contribution in [0.4, 0.5) is 0 Å². The van der Waals surface area contributed by atoms with Gasteiger partial charge in [0.1, 0.15) is 5.69 Å². The van der Waals surface area contributed by atoms with Crippen molar-refractivity contribution < 1.29 is 9.53 Å². The Labute approximate surface area is 112 Å². The maximum atomic E-state index is 12.1. The smallest absolute Gasteiger partial charge is 0.183 e. The van der Waals surface area contributed by atoms with E-state index in [0.717, 1.165) is 5.69 Å². The number of rotatable bonds is 7. The van der Waals surface area contributed by atoms with E-state index in [9.17, 15) is 4.79 Å². The third-order valence-corrected chi connectivity index (χ3v) is 2.73. The Morgan fingerprint density at radius 2 is 2.11 bits per heavy atom. The van der Waals surface area contributed by atoms with Crippen LogP contribution >= 0.6 is 0 Å². The molecule has 0 fully saturated rings. The Bertz CT molecular complexity index is 522. The van der Waals surface area contributed by atoms with Crippen LogP contribution in [0, 0.1) is 0 Å². The molecular weight excluding hydrogens is 242 g/mol. The lowest BCUT2D eigenvalue weighted by atomic mass is 10.2. The molecule has 0 N–H and O–H groups in total. The fourth-order valence-electron chi connectivity index (χ4n) is 1.79. The summed E-state index contributed by atoms with van der Waals surface area (Å²) in [7, 11) is 0. The SMILES string of the molecule is CCOCCCC(=O)c1cnnn1-c1ccccc1. The summed E-state index contributed by atoms with van der Waals surface area (Å²) in [4.78, 5) is 12.1. The van der Waals surface area contributed by atoms with E-state index in [-0.39, 0.29) is 5.78 Å². The third kappa shape index (κ3) is 3.48. The molecule has 0 radical (unpaired) electrons. The highest BCUT2D eigenvalue weighted by atomic mass is 16.5. The predicted molar refractivity (Wildman–Crippen MR) is 71.4 cm³/mol. The van der Waals surface area contributed by atoms with Crippen LogP contribution in [0.25, 0.3) is 5.69 Å². The number of ether oxygens (including phenoxy) is 1. The second-order valence-electron chi connectivity index (χ2n) is 4.09. The number of Topliss-reactive ketones (excluding diaryl/α,β-unsaturated/α-hetero) is 1. The van der Waals surface area contributed by atoms with E-state index in [4.69, 9.17) is 4.74 Å². The molecule has 0 aliphatic carbocycles. The highest BCUT2D eigenvalue weighted by Gasteiger charge is 2.13. The summed E-state index contributed by atoms with van der Waals surface area (Å²) >= 11 is 0. The number of benzene rings is 1. The summed E-state index contributed by atoms with van der Waals surface area (Å²) in [5, 5.41) is 7.79. The molecule has 5 nitrogen and oxygen atoms in total. The third-order valence-electron chi connectivity index (χ3n) is 2.73. The molecule has 0 aliphatic rings. The van der Waals surface area contributed by atoms with Gasteiger partial charge in [0.05, 0.1) is 11.9 Å². The van der Waals surface area contributed by atoms with Crippen molar-refractivity contribution in [3.05, 3.63) is 42.2 Å². The molecule has 1 aromatic carbocycles. The summed E-state index contributed by atoms with van der Waals surface area (Å²) < 4.78 is 6.80. The number of hydrogen-bond acceptors (Lipinski definition) is 4. The summed E-state index contributed by atoms with van der Waals surface area (Å²) in [5.41, 5.74) is 1.36. The van der Waals surface area contributed by atoms with E-state index < -0.39 is 0 Å². The Kier molecular flexibility index (Phi) is 4.80. The van der Waals surface area contributed by atoms with Gasteiger partial charge in [-0.3, -0.25) is 4.79 Å². The van der Waals surface area contributed by atoms with Gasteiger partial charge < -0.3 is 4.74 Å². The fourth-order valence-corrected chi connectivity index (χ4v) is 1.79. The van der Waals surface area contributed by atoms with E-state index in [2.05, 4.69) is 10.3 Å². The van der Waals surface area contributed by atoms with Crippen molar-refractivity contribution in [1.82, 2.24) is 15.0 Å². The average Bonchev–Trinajstić information content (AvgIpc) is 2.94. The lowest BCUT2D eigenvalue weighted by Crippen LogP contribution is -2.09. The number of para-hydroxylation sites is 1. The molecule has 2 rings (SSSR count). The monoisotopic (exact) mass is 259 g/mol. The zero-order valence-electron chi connectivity index (χ0n) is 11.0. The van der Waals surface area contributed by atoms with Crippen molar-refractivity contribution in [3.8, 4) is 5.69 Å². The van der Waals surface area contributed by atoms with Gasteiger partial charge in [0.25, 0.3) is 0 Å². The Morgan fingerprint density at radius 1 is 1.32 bits per heavy atom. The molecule has 19 heavy (non-hydrogen) atoms. The number of aromatic nitrogens is 3. The molecule has 5 heteroatoms. The quantitative estimate of drug-likeness (QED) is 0.565. The number of carbonyl (C=O) groups is 1. The van der Waals surface area contributed by atoms with Gasteiger partial charge in [0.15, 0.2) is 5.78 Å². The standard InChI is InChI=1S/C14H17N3O2/c1-2-19-10-6-9-14(18)13-11-15-16-17(13)12-7-4-3-5-8-12/h3-5,7-8,11H,2,6,9-10H2,1H3. The van der Waals surface area contributed by atoms with Gasteiger partial charge in [0.2, 0.25) is 0 Å². The second kappa shape index (κ2) is 6.80. The molecule has 0 saturated carbocycles. The van der Waals surface area contributed by atoms with Gasteiger partial charge in [0, 0.05) is 19.6 Å². The molecule has 1 aromatic heterocycles. The van der Waals surface area contributed by atoms with Gasteiger partial charge >= 0.3 is 0 Å². The molecule has 0 saturated heterocycles. The van der Waals surface area contributed by atoms with Crippen molar-refractivity contribution in [3.63, 3.8) is 0 Å². The molecule has 2 aromatic rings. The molecule has 0 atom stereocenters. The highest BCUT2D eigenvalue weighted by molar-refractivity contribution is 5.94. The zero-order valence-corrected chi connectivity index (χ0v) is 11.0. The van der Waals surface area contributed by atoms with Gasteiger partial charge in [-0.2, -0.15) is 0 Å². The molecule has 0 aliphatic heterocycles. The van der Waals surface area contributed by atoms with E-state index in [1.807, 2.05) is 37.3 Å². The first-order chi connectivity index (χ1) is 9.33. The Hall–Kier alpha value is -2.01. The Balaban J connectivity index is 2.05. The van der Waals surface area contributed by atoms with Gasteiger partial charge in [-0.15, -0.1) is 5.10 Å². The minimum absolute atomic E-state index is 0.0357. The average molecular weight is 259 g/mol.